The van der Waals surface area contributed by atoms with E-state index in [2.05, 4.69) is 15.0 Å². The zero-order valence-corrected chi connectivity index (χ0v) is 22.5. The van der Waals surface area contributed by atoms with Crippen molar-refractivity contribution in [2.75, 3.05) is 23.0 Å². The minimum Gasteiger partial charge on any atom is -0.494 e. The SMILES string of the molecule is COc1cc(N2C(=S)N[C@@H](c3ccccn3)[C@H]2c2ccc(-c3ccccc3C(=O)O)o2)ccc1NS(C)(=O)=O. The number of sulfonamides is 1. The van der Waals surface area contributed by atoms with Crippen LogP contribution < -0.4 is 19.7 Å². The van der Waals surface area contributed by atoms with E-state index in [1.54, 1.807) is 54.7 Å². The predicted molar refractivity (Wildman–Crippen MR) is 150 cm³/mol. The number of carboxylic acid groups (broad SMARTS) is 1. The molecule has 1 fully saturated rings. The fraction of sp³-hybridized carbons (Fsp3) is 0.148. The van der Waals surface area contributed by atoms with Gasteiger partial charge in [0.05, 0.1) is 36.4 Å². The first kappa shape index (κ1) is 26.2. The second-order valence-corrected chi connectivity index (χ2v) is 10.9. The van der Waals surface area contributed by atoms with E-state index in [4.69, 9.17) is 21.4 Å². The number of anilines is 2. The Morgan fingerprint density at radius 1 is 1.13 bits per heavy atom. The summed E-state index contributed by atoms with van der Waals surface area (Å²) < 4.78 is 37.8. The molecule has 0 amide bonds. The van der Waals surface area contributed by atoms with Crippen LogP contribution in [0.4, 0.5) is 11.4 Å². The summed E-state index contributed by atoms with van der Waals surface area (Å²) in [4.78, 5) is 18.2. The smallest absolute Gasteiger partial charge is 0.336 e. The fourth-order valence-corrected chi connectivity index (χ4v) is 5.49. The van der Waals surface area contributed by atoms with Crippen LogP contribution in [0, 0.1) is 0 Å². The Kier molecular flexibility index (Phi) is 6.98. The maximum absolute atomic E-state index is 11.8. The molecule has 2 aromatic carbocycles. The summed E-state index contributed by atoms with van der Waals surface area (Å²) in [5, 5.41) is 13.4. The van der Waals surface area contributed by atoms with Crippen molar-refractivity contribution >= 4 is 44.7 Å². The van der Waals surface area contributed by atoms with Crippen LogP contribution >= 0.6 is 12.2 Å². The normalized spacial score (nSPS) is 17.1. The van der Waals surface area contributed by atoms with Gasteiger partial charge < -0.3 is 24.5 Å². The quantitative estimate of drug-likeness (QED) is 0.261. The maximum atomic E-state index is 11.8. The lowest BCUT2D eigenvalue weighted by molar-refractivity contribution is 0.0697. The number of thiocarbonyl (C=S) groups is 1. The first-order valence-corrected chi connectivity index (χ1v) is 14.0. The highest BCUT2D eigenvalue weighted by atomic mass is 32.2. The van der Waals surface area contributed by atoms with E-state index in [0.717, 1.165) is 11.9 Å². The predicted octanol–water partition coefficient (Wildman–Crippen LogP) is 4.60. The molecule has 10 nitrogen and oxygen atoms in total. The lowest BCUT2D eigenvalue weighted by Crippen LogP contribution is -2.29. The minimum atomic E-state index is -3.53. The van der Waals surface area contributed by atoms with Crippen LogP contribution in [-0.2, 0) is 10.0 Å². The summed E-state index contributed by atoms with van der Waals surface area (Å²) in [5.41, 5.74) is 2.19. The van der Waals surface area contributed by atoms with Gasteiger partial charge in [-0.2, -0.15) is 0 Å². The minimum absolute atomic E-state index is 0.121. The van der Waals surface area contributed by atoms with Crippen LogP contribution in [0.3, 0.4) is 0 Å². The molecule has 2 atom stereocenters. The largest absolute Gasteiger partial charge is 0.494 e. The van der Waals surface area contributed by atoms with Crippen molar-refractivity contribution in [3.05, 3.63) is 96.0 Å². The van der Waals surface area contributed by atoms with E-state index in [-0.39, 0.29) is 11.3 Å². The number of nitrogens with zero attached hydrogens (tertiary/aromatic N) is 2. The number of hydrogen-bond acceptors (Lipinski definition) is 7. The lowest BCUT2D eigenvalue weighted by atomic mass is 10.0. The molecule has 1 aliphatic rings. The van der Waals surface area contributed by atoms with E-state index < -0.39 is 28.1 Å². The van der Waals surface area contributed by atoms with Crippen molar-refractivity contribution < 1.29 is 27.5 Å². The molecule has 3 heterocycles. The molecule has 0 aliphatic carbocycles. The third-order valence-corrected chi connectivity index (χ3v) is 7.10. The Labute approximate surface area is 230 Å². The molecule has 0 radical (unpaired) electrons. The van der Waals surface area contributed by atoms with Gasteiger partial charge in [0.15, 0.2) is 5.11 Å². The third kappa shape index (κ3) is 5.29. The Morgan fingerprint density at radius 3 is 2.59 bits per heavy atom. The van der Waals surface area contributed by atoms with Gasteiger partial charge in [0.25, 0.3) is 0 Å². The molecule has 12 heteroatoms. The van der Waals surface area contributed by atoms with Crippen LogP contribution in [0.2, 0.25) is 0 Å². The molecule has 0 bridgehead atoms. The molecule has 1 saturated heterocycles. The van der Waals surface area contributed by atoms with Crippen molar-refractivity contribution in [1.82, 2.24) is 10.3 Å². The molecule has 39 heavy (non-hydrogen) atoms. The van der Waals surface area contributed by atoms with Crippen LogP contribution in [0.25, 0.3) is 11.3 Å². The number of hydrogen-bond donors (Lipinski definition) is 3. The second kappa shape index (κ2) is 10.4. The van der Waals surface area contributed by atoms with Crippen molar-refractivity contribution in [2.24, 2.45) is 0 Å². The number of ether oxygens (including phenoxy) is 1. The van der Waals surface area contributed by atoms with Crippen molar-refractivity contribution in [3.8, 4) is 17.1 Å². The number of rotatable bonds is 8. The van der Waals surface area contributed by atoms with Gasteiger partial charge in [-0.1, -0.05) is 24.3 Å². The van der Waals surface area contributed by atoms with Crippen LogP contribution in [0.1, 0.15) is 33.9 Å². The number of pyridine rings is 1. The van der Waals surface area contributed by atoms with E-state index >= 15 is 0 Å². The maximum Gasteiger partial charge on any atom is 0.336 e. The average molecular weight is 565 g/mol. The molecule has 0 saturated carbocycles. The molecule has 4 aromatic rings. The van der Waals surface area contributed by atoms with Crippen molar-refractivity contribution in [1.29, 1.82) is 0 Å². The van der Waals surface area contributed by atoms with E-state index in [1.807, 2.05) is 23.1 Å². The highest BCUT2D eigenvalue weighted by Crippen LogP contribution is 2.44. The molecule has 3 N–H and O–H groups in total. The van der Waals surface area contributed by atoms with Gasteiger partial charge in [-0.25, -0.2) is 13.2 Å². The number of benzene rings is 2. The summed E-state index contributed by atoms with van der Waals surface area (Å²) in [6.45, 7) is 0. The molecular formula is C27H24N4O6S2. The number of carbonyl (C=O) groups is 1. The van der Waals surface area contributed by atoms with Gasteiger partial charge in [0, 0.05) is 23.5 Å². The summed E-state index contributed by atoms with van der Waals surface area (Å²) in [5.74, 6) is 0.155. The summed E-state index contributed by atoms with van der Waals surface area (Å²) >= 11 is 5.75. The average Bonchev–Trinajstić information content (AvgIpc) is 3.53. The van der Waals surface area contributed by atoms with Gasteiger partial charge in [0.2, 0.25) is 10.0 Å². The number of methoxy groups -OCH3 is 1. The molecule has 0 spiro atoms. The summed E-state index contributed by atoms with van der Waals surface area (Å²) in [6.07, 6.45) is 2.75. The number of nitrogens with one attached hydrogen (secondary N) is 2. The van der Waals surface area contributed by atoms with E-state index in [9.17, 15) is 18.3 Å². The van der Waals surface area contributed by atoms with E-state index in [0.29, 0.717) is 33.6 Å². The van der Waals surface area contributed by atoms with Crippen LogP contribution in [0.15, 0.2) is 83.4 Å². The highest BCUT2D eigenvalue weighted by Gasteiger charge is 2.43. The Morgan fingerprint density at radius 2 is 1.90 bits per heavy atom. The summed E-state index contributed by atoms with van der Waals surface area (Å²) in [6, 6.07) is 19.8. The lowest BCUT2D eigenvalue weighted by Gasteiger charge is -2.27. The monoisotopic (exact) mass is 564 g/mol. The van der Waals surface area contributed by atoms with Gasteiger partial charge in [0.1, 0.15) is 23.3 Å². The Balaban J connectivity index is 1.61. The zero-order chi connectivity index (χ0) is 27.7. The van der Waals surface area contributed by atoms with E-state index in [1.165, 1.54) is 13.2 Å². The van der Waals surface area contributed by atoms with Crippen LogP contribution in [-0.4, -0.2) is 43.0 Å². The van der Waals surface area contributed by atoms with Gasteiger partial charge in [-0.15, -0.1) is 0 Å². The Bertz CT molecular complexity index is 1660. The standard InChI is InChI=1S/C27H24N4O6S2/c1-36-23-15-16(10-11-19(23)30-39(2,34)35)31-25(24(29-27(31)38)20-9-5-6-14-28-20)22-13-12-21(37-22)17-7-3-4-8-18(17)26(32)33/h3-15,24-25,30H,1-2H3,(H,29,38)(H,32,33)/t24-,25+/m0/s1. The molecule has 0 unspecified atom stereocenters. The van der Waals surface area contributed by atoms with Crippen molar-refractivity contribution in [2.45, 2.75) is 12.1 Å². The third-order valence-electron chi connectivity index (χ3n) is 6.20. The number of aromatic nitrogens is 1. The molecule has 1 aliphatic heterocycles. The highest BCUT2D eigenvalue weighted by molar-refractivity contribution is 7.92. The number of carboxylic acids is 1. The zero-order valence-electron chi connectivity index (χ0n) is 20.9. The summed E-state index contributed by atoms with van der Waals surface area (Å²) in [7, 11) is -2.09. The van der Waals surface area contributed by atoms with Gasteiger partial charge >= 0.3 is 5.97 Å². The van der Waals surface area contributed by atoms with Crippen LogP contribution in [0.5, 0.6) is 5.75 Å². The molecule has 200 valence electrons. The molecule has 2 aromatic heterocycles. The van der Waals surface area contributed by atoms with Gasteiger partial charge in [-0.3, -0.25) is 9.71 Å². The number of aromatic carboxylic acids is 1. The molecular weight excluding hydrogens is 540 g/mol. The fourth-order valence-electron chi connectivity index (χ4n) is 4.58. The first-order chi connectivity index (χ1) is 18.7. The first-order valence-electron chi connectivity index (χ1n) is 11.7. The van der Waals surface area contributed by atoms with Crippen molar-refractivity contribution in [3.63, 3.8) is 0 Å². The topological polar surface area (TPSA) is 134 Å². The number of furan rings is 1. The van der Waals surface area contributed by atoms with Gasteiger partial charge in [-0.05, 0) is 54.7 Å². The molecule has 5 rings (SSSR count). The second-order valence-electron chi connectivity index (χ2n) is 8.81. The Hall–Kier alpha value is -4.42.